The molecule has 1 saturated carbocycles. The molecule has 7 heteroatoms. The Bertz CT molecular complexity index is 1050. The zero-order valence-corrected chi connectivity index (χ0v) is 15.4. The summed E-state index contributed by atoms with van der Waals surface area (Å²) in [6.07, 6.45) is 6.33. The number of carbonyl (C=O) groups excluding carboxylic acids is 1. The molecular weight excluding hydrogens is 344 g/mol. The van der Waals surface area contributed by atoms with Crippen LogP contribution in [0.3, 0.4) is 0 Å². The van der Waals surface area contributed by atoms with Crippen LogP contribution in [0.15, 0.2) is 39.8 Å². The highest BCUT2D eigenvalue weighted by molar-refractivity contribution is 5.93. The van der Waals surface area contributed by atoms with E-state index in [1.165, 1.54) is 18.9 Å². The minimum absolute atomic E-state index is 0.00289. The molecule has 1 aromatic carbocycles. The van der Waals surface area contributed by atoms with Gasteiger partial charge in [-0.3, -0.25) is 9.59 Å². The third kappa shape index (κ3) is 3.37. The summed E-state index contributed by atoms with van der Waals surface area (Å²) in [6, 6.07) is 6.59. The summed E-state index contributed by atoms with van der Waals surface area (Å²) in [5, 5.41) is 11.6. The molecule has 1 atom stereocenters. The van der Waals surface area contributed by atoms with Crippen LogP contribution in [0.4, 0.5) is 0 Å². The molecule has 7 nitrogen and oxygen atoms in total. The highest BCUT2D eigenvalue weighted by atomic mass is 16.3. The molecule has 0 aliphatic heterocycles. The third-order valence-corrected chi connectivity index (χ3v) is 5.16. The van der Waals surface area contributed by atoms with Crippen LogP contribution >= 0.6 is 0 Å². The fourth-order valence-corrected chi connectivity index (χ4v) is 3.73. The van der Waals surface area contributed by atoms with E-state index in [1.54, 1.807) is 18.5 Å². The first-order valence-electron chi connectivity index (χ1n) is 9.27. The number of benzene rings is 1. The molecular formula is C20H22N4O3. The molecule has 1 aliphatic rings. The number of carbonyl (C=O) groups is 1. The van der Waals surface area contributed by atoms with Crippen molar-refractivity contribution in [3.63, 3.8) is 0 Å². The number of fused-ring (bicyclic) bond motifs is 1. The van der Waals surface area contributed by atoms with Gasteiger partial charge in [-0.15, -0.1) is 10.2 Å². The topological polar surface area (TPSA) is 90.0 Å². The summed E-state index contributed by atoms with van der Waals surface area (Å²) < 4.78 is 7.73. The van der Waals surface area contributed by atoms with Crippen LogP contribution in [0.2, 0.25) is 0 Å². The second kappa shape index (κ2) is 6.98. The van der Waals surface area contributed by atoms with Crippen molar-refractivity contribution in [1.82, 2.24) is 20.1 Å². The Morgan fingerprint density at radius 2 is 2.07 bits per heavy atom. The summed E-state index contributed by atoms with van der Waals surface area (Å²) in [6.45, 7) is 3.76. The minimum atomic E-state index is -0.441. The molecule has 1 N–H and O–H groups in total. The molecule has 1 unspecified atom stereocenters. The van der Waals surface area contributed by atoms with Gasteiger partial charge in [0, 0.05) is 12.1 Å². The number of nitrogens with zero attached hydrogens (tertiary/aromatic N) is 3. The lowest BCUT2D eigenvalue weighted by molar-refractivity contribution is 0.0909. The highest BCUT2D eigenvalue weighted by Crippen LogP contribution is 2.31. The second-order valence-corrected chi connectivity index (χ2v) is 7.20. The van der Waals surface area contributed by atoms with Crippen LogP contribution in [0.5, 0.6) is 0 Å². The summed E-state index contributed by atoms with van der Waals surface area (Å²) in [5.74, 6) is 0.273. The molecule has 2 heterocycles. The predicted molar refractivity (Wildman–Crippen MR) is 101 cm³/mol. The average Bonchev–Trinajstić information content (AvgIpc) is 3.32. The van der Waals surface area contributed by atoms with Gasteiger partial charge in [-0.05, 0) is 44.4 Å². The molecule has 0 saturated heterocycles. The van der Waals surface area contributed by atoms with Crippen molar-refractivity contribution in [3.8, 4) is 0 Å². The largest absolute Gasteiger partial charge is 0.451 e. The van der Waals surface area contributed by atoms with Gasteiger partial charge >= 0.3 is 0 Å². The van der Waals surface area contributed by atoms with Crippen molar-refractivity contribution in [2.45, 2.75) is 51.6 Å². The standard InChI is InChI=1S/C20H22N4O3/c1-12-7-8-15-16(25)10-18(27-17(15)9-12)20(26)22-13(2)19-23-21-11-24(19)14-5-3-4-6-14/h7-11,13-14H,3-6H2,1-2H3,(H,22,26). The molecule has 4 rings (SSSR count). The summed E-state index contributed by atoms with van der Waals surface area (Å²) in [5.41, 5.74) is 1.14. The van der Waals surface area contributed by atoms with E-state index in [1.807, 2.05) is 19.9 Å². The molecule has 1 amide bonds. The van der Waals surface area contributed by atoms with Gasteiger partial charge in [-0.1, -0.05) is 18.9 Å². The smallest absolute Gasteiger partial charge is 0.287 e. The normalized spacial score (nSPS) is 15.9. The molecule has 0 radical (unpaired) electrons. The number of nitrogens with one attached hydrogen (secondary N) is 1. The van der Waals surface area contributed by atoms with Gasteiger partial charge in [0.15, 0.2) is 17.0 Å². The number of aromatic nitrogens is 3. The predicted octanol–water partition coefficient (Wildman–Crippen LogP) is 3.30. The van der Waals surface area contributed by atoms with E-state index < -0.39 is 5.91 Å². The molecule has 0 spiro atoms. The van der Waals surface area contributed by atoms with E-state index in [0.29, 0.717) is 22.8 Å². The first-order valence-corrected chi connectivity index (χ1v) is 9.27. The highest BCUT2D eigenvalue weighted by Gasteiger charge is 2.24. The van der Waals surface area contributed by atoms with E-state index in [2.05, 4.69) is 20.1 Å². The van der Waals surface area contributed by atoms with Crippen LogP contribution in [0.1, 0.15) is 66.6 Å². The Kier molecular flexibility index (Phi) is 4.51. The maximum absolute atomic E-state index is 12.7. The Labute approximate surface area is 156 Å². The molecule has 27 heavy (non-hydrogen) atoms. The van der Waals surface area contributed by atoms with E-state index in [-0.39, 0.29) is 17.2 Å². The SMILES string of the molecule is Cc1ccc2c(=O)cc(C(=O)NC(C)c3nncn3C3CCCC3)oc2c1. The third-order valence-electron chi connectivity index (χ3n) is 5.16. The Morgan fingerprint density at radius 3 is 2.85 bits per heavy atom. The summed E-state index contributed by atoms with van der Waals surface area (Å²) in [7, 11) is 0. The maximum Gasteiger partial charge on any atom is 0.287 e. The Morgan fingerprint density at radius 1 is 1.30 bits per heavy atom. The number of hydrogen-bond donors (Lipinski definition) is 1. The van der Waals surface area contributed by atoms with Crippen LogP contribution in [0.25, 0.3) is 11.0 Å². The van der Waals surface area contributed by atoms with Crippen molar-refractivity contribution in [1.29, 1.82) is 0 Å². The van der Waals surface area contributed by atoms with Crippen molar-refractivity contribution in [2.24, 2.45) is 0 Å². The average molecular weight is 366 g/mol. The van der Waals surface area contributed by atoms with Gasteiger partial charge in [0.2, 0.25) is 0 Å². The van der Waals surface area contributed by atoms with Gasteiger partial charge in [0.1, 0.15) is 11.9 Å². The van der Waals surface area contributed by atoms with Crippen molar-refractivity contribution >= 4 is 16.9 Å². The lowest BCUT2D eigenvalue weighted by atomic mass is 10.1. The molecule has 140 valence electrons. The fraction of sp³-hybridized carbons (Fsp3) is 0.400. The van der Waals surface area contributed by atoms with Crippen LogP contribution in [-0.2, 0) is 0 Å². The van der Waals surface area contributed by atoms with Crippen molar-refractivity contribution in [2.75, 3.05) is 0 Å². The summed E-state index contributed by atoms with van der Waals surface area (Å²) >= 11 is 0. The molecule has 0 bridgehead atoms. The number of rotatable bonds is 4. The zero-order chi connectivity index (χ0) is 19.0. The van der Waals surface area contributed by atoms with Crippen LogP contribution in [0, 0.1) is 6.92 Å². The van der Waals surface area contributed by atoms with E-state index >= 15 is 0 Å². The molecule has 3 aromatic rings. The monoisotopic (exact) mass is 366 g/mol. The van der Waals surface area contributed by atoms with Crippen molar-refractivity contribution < 1.29 is 9.21 Å². The van der Waals surface area contributed by atoms with Gasteiger partial charge in [0.25, 0.3) is 5.91 Å². The van der Waals surface area contributed by atoms with Gasteiger partial charge in [0.05, 0.1) is 11.4 Å². The van der Waals surface area contributed by atoms with Crippen molar-refractivity contribution in [3.05, 3.63) is 58.0 Å². The van der Waals surface area contributed by atoms with E-state index in [4.69, 9.17) is 4.42 Å². The summed E-state index contributed by atoms with van der Waals surface area (Å²) in [4.78, 5) is 25.0. The molecule has 1 aliphatic carbocycles. The number of amides is 1. The van der Waals surface area contributed by atoms with Crippen LogP contribution in [-0.4, -0.2) is 20.7 Å². The Hall–Kier alpha value is -2.96. The number of aryl methyl sites for hydroxylation is 1. The molecule has 2 aromatic heterocycles. The molecule has 1 fully saturated rings. The first kappa shape index (κ1) is 17.5. The zero-order valence-electron chi connectivity index (χ0n) is 15.4. The lowest BCUT2D eigenvalue weighted by Crippen LogP contribution is -2.29. The first-order chi connectivity index (χ1) is 13.0. The van der Waals surface area contributed by atoms with Gasteiger partial charge in [-0.2, -0.15) is 0 Å². The van der Waals surface area contributed by atoms with E-state index in [9.17, 15) is 9.59 Å². The second-order valence-electron chi connectivity index (χ2n) is 7.20. The fourth-order valence-electron chi connectivity index (χ4n) is 3.73. The maximum atomic E-state index is 12.7. The minimum Gasteiger partial charge on any atom is -0.451 e. The van der Waals surface area contributed by atoms with Gasteiger partial charge < -0.3 is 14.3 Å². The van der Waals surface area contributed by atoms with Gasteiger partial charge in [-0.25, -0.2) is 0 Å². The number of hydrogen-bond acceptors (Lipinski definition) is 5. The lowest BCUT2D eigenvalue weighted by Gasteiger charge is -2.18. The Balaban J connectivity index is 1.58. The van der Waals surface area contributed by atoms with Crippen LogP contribution < -0.4 is 10.7 Å². The van der Waals surface area contributed by atoms with E-state index in [0.717, 1.165) is 18.4 Å². The quantitative estimate of drug-likeness (QED) is 0.765.